The van der Waals surface area contributed by atoms with E-state index in [1.54, 1.807) is 0 Å². The monoisotopic (exact) mass is 332 g/mol. The highest BCUT2D eigenvalue weighted by atomic mass is 32.2. The fourth-order valence-corrected chi connectivity index (χ4v) is 3.47. The second-order valence-corrected chi connectivity index (χ2v) is 6.83. The van der Waals surface area contributed by atoms with Gasteiger partial charge in [-0.25, -0.2) is 4.79 Å². The fraction of sp³-hybridized carbons (Fsp3) is 0. The van der Waals surface area contributed by atoms with Crippen LogP contribution < -0.4 is 0 Å². The number of carboxylic acid groups (broad SMARTS) is 1. The van der Waals surface area contributed by atoms with Crippen molar-refractivity contribution in [1.82, 2.24) is 0 Å². The van der Waals surface area contributed by atoms with Gasteiger partial charge in [0.25, 0.3) is 20.2 Å². The van der Waals surface area contributed by atoms with E-state index in [9.17, 15) is 21.6 Å². The summed E-state index contributed by atoms with van der Waals surface area (Å²) in [4.78, 5) is 9.34. The summed E-state index contributed by atoms with van der Waals surface area (Å²) in [5.41, 5.74) is -0.777. The van der Waals surface area contributed by atoms with Crippen LogP contribution >= 0.6 is 0 Å². The minimum atomic E-state index is -5.01. The Morgan fingerprint density at radius 1 is 0.857 bits per heavy atom. The minimum Gasteiger partial charge on any atom is -0.478 e. The van der Waals surface area contributed by atoms with Gasteiger partial charge in [-0.15, -0.1) is 0 Å². The molecular weight excluding hydrogens is 324 g/mol. The van der Waals surface area contributed by atoms with Gasteiger partial charge < -0.3 is 5.11 Å². The highest BCUT2D eigenvalue weighted by Crippen LogP contribution is 2.31. The Balaban J connectivity index is 3.19. The number of rotatable bonds is 3. The normalized spacial score (nSPS) is 12.5. The van der Waals surface area contributed by atoms with E-state index in [4.69, 9.17) is 14.2 Å². The van der Waals surface area contributed by atoms with Crippen LogP contribution in [-0.2, 0) is 20.2 Å². The summed E-state index contributed by atoms with van der Waals surface area (Å²) in [7, 11) is -9.83. The summed E-state index contributed by atoms with van der Waals surface area (Å²) in [6.45, 7) is 0. The van der Waals surface area contributed by atoms with Gasteiger partial charge in [-0.2, -0.15) is 16.8 Å². The van der Waals surface area contributed by atoms with Gasteiger partial charge >= 0.3 is 5.97 Å². The van der Waals surface area contributed by atoms with E-state index in [1.807, 2.05) is 0 Å². The Labute approximate surface area is 119 Å². The molecule has 0 fully saturated rings. The molecule has 0 aliphatic carbocycles. The average Bonchev–Trinajstić information content (AvgIpc) is 2.34. The molecule has 2 aromatic carbocycles. The highest BCUT2D eigenvalue weighted by molar-refractivity contribution is 7.86. The lowest BCUT2D eigenvalue weighted by molar-refractivity contribution is 0.0694. The van der Waals surface area contributed by atoms with E-state index in [-0.39, 0.29) is 10.8 Å². The third-order valence-corrected chi connectivity index (χ3v) is 4.51. The Morgan fingerprint density at radius 2 is 1.33 bits per heavy atom. The lowest BCUT2D eigenvalue weighted by Gasteiger charge is -2.11. The molecule has 0 amide bonds. The van der Waals surface area contributed by atoms with Crippen molar-refractivity contribution in [3.05, 3.63) is 35.9 Å². The molecule has 0 aliphatic heterocycles. The molecule has 0 saturated carbocycles. The Bertz CT molecular complexity index is 957. The quantitative estimate of drug-likeness (QED) is 0.706. The van der Waals surface area contributed by atoms with E-state index in [2.05, 4.69) is 0 Å². The third-order valence-electron chi connectivity index (χ3n) is 2.74. The first-order chi connectivity index (χ1) is 9.53. The molecule has 2 aromatic rings. The third kappa shape index (κ3) is 2.74. The van der Waals surface area contributed by atoms with Crippen LogP contribution in [0.2, 0.25) is 0 Å². The van der Waals surface area contributed by atoms with E-state index < -0.39 is 41.6 Å². The summed E-state index contributed by atoms with van der Waals surface area (Å²) in [5, 5.41) is 8.71. The van der Waals surface area contributed by atoms with Crippen LogP contribution in [0.25, 0.3) is 10.8 Å². The zero-order chi connectivity index (χ0) is 16.0. The van der Waals surface area contributed by atoms with Gasteiger partial charge in [-0.3, -0.25) is 9.11 Å². The SMILES string of the molecule is O=C(O)c1c(S(=O)(=O)O)cc(S(=O)(=O)O)c2ccccc12. The first-order valence-corrected chi connectivity index (χ1v) is 8.15. The Morgan fingerprint density at radius 3 is 1.76 bits per heavy atom. The molecule has 0 unspecified atom stereocenters. The maximum atomic E-state index is 11.3. The second kappa shape index (κ2) is 4.77. The largest absolute Gasteiger partial charge is 0.478 e. The predicted octanol–water partition coefficient (Wildman–Crippen LogP) is 1.03. The van der Waals surface area contributed by atoms with Crippen LogP contribution in [0, 0.1) is 0 Å². The molecule has 0 radical (unpaired) electrons. The van der Waals surface area contributed by atoms with E-state index >= 15 is 0 Å². The van der Waals surface area contributed by atoms with Gasteiger partial charge in [0.1, 0.15) is 9.79 Å². The standard InChI is InChI=1S/C11H8O8S2/c12-11(13)10-7-4-2-1-3-6(7)8(20(14,15)16)5-9(10)21(17,18)19/h1-5H,(H,12,13)(H,14,15,16)(H,17,18,19). The fourth-order valence-electron chi connectivity index (χ4n) is 1.96. The maximum absolute atomic E-state index is 11.3. The van der Waals surface area contributed by atoms with Gasteiger partial charge in [0.2, 0.25) is 0 Å². The van der Waals surface area contributed by atoms with Crippen molar-refractivity contribution in [1.29, 1.82) is 0 Å². The van der Waals surface area contributed by atoms with Crippen molar-refractivity contribution < 1.29 is 35.8 Å². The van der Waals surface area contributed by atoms with Crippen LogP contribution in [0.15, 0.2) is 40.1 Å². The second-order valence-electron chi connectivity index (χ2n) is 4.05. The van der Waals surface area contributed by atoms with E-state index in [1.165, 1.54) is 24.3 Å². The molecule has 0 saturated heterocycles. The number of hydrogen-bond acceptors (Lipinski definition) is 5. The number of hydrogen-bond donors (Lipinski definition) is 3. The molecule has 0 atom stereocenters. The molecule has 112 valence electrons. The van der Waals surface area contributed by atoms with Crippen LogP contribution in [0.3, 0.4) is 0 Å². The van der Waals surface area contributed by atoms with E-state index in [0.29, 0.717) is 6.07 Å². The topological polar surface area (TPSA) is 146 Å². The summed E-state index contributed by atoms with van der Waals surface area (Å²) >= 11 is 0. The first kappa shape index (κ1) is 15.4. The van der Waals surface area contributed by atoms with Crippen molar-refractivity contribution in [3.8, 4) is 0 Å². The minimum absolute atomic E-state index is 0.176. The van der Waals surface area contributed by atoms with Gasteiger partial charge in [-0.05, 0) is 11.5 Å². The van der Waals surface area contributed by atoms with Gasteiger partial charge in [-0.1, -0.05) is 24.3 Å². The Kier molecular flexibility index (Phi) is 3.49. The molecule has 0 aromatic heterocycles. The molecular formula is C11H8O8S2. The zero-order valence-corrected chi connectivity index (χ0v) is 11.7. The highest BCUT2D eigenvalue weighted by Gasteiger charge is 2.28. The maximum Gasteiger partial charge on any atom is 0.337 e. The number of benzene rings is 2. The lowest BCUT2D eigenvalue weighted by atomic mass is 10.0. The zero-order valence-electron chi connectivity index (χ0n) is 10.1. The molecule has 0 spiro atoms. The van der Waals surface area contributed by atoms with Crippen molar-refractivity contribution in [2.24, 2.45) is 0 Å². The van der Waals surface area contributed by atoms with Crippen molar-refractivity contribution in [3.63, 3.8) is 0 Å². The van der Waals surface area contributed by atoms with Crippen LogP contribution in [-0.4, -0.2) is 37.0 Å². The average molecular weight is 332 g/mol. The van der Waals surface area contributed by atoms with Gasteiger partial charge in [0, 0.05) is 5.39 Å². The van der Waals surface area contributed by atoms with Crippen molar-refractivity contribution in [2.75, 3.05) is 0 Å². The number of carboxylic acids is 1. The Hall–Kier alpha value is -2.01. The molecule has 21 heavy (non-hydrogen) atoms. The molecule has 0 bridgehead atoms. The summed E-state index contributed by atoms with van der Waals surface area (Å²) in [6.07, 6.45) is 0. The van der Waals surface area contributed by atoms with Crippen molar-refractivity contribution in [2.45, 2.75) is 9.79 Å². The smallest absolute Gasteiger partial charge is 0.337 e. The number of fused-ring (bicyclic) bond motifs is 1. The number of carbonyl (C=O) groups is 1. The lowest BCUT2D eigenvalue weighted by Crippen LogP contribution is -2.12. The van der Waals surface area contributed by atoms with Crippen LogP contribution in [0.4, 0.5) is 0 Å². The predicted molar refractivity (Wildman–Crippen MR) is 70.5 cm³/mol. The molecule has 3 N–H and O–H groups in total. The molecule has 0 heterocycles. The van der Waals surface area contributed by atoms with Crippen molar-refractivity contribution >= 4 is 37.0 Å². The molecule has 8 nitrogen and oxygen atoms in total. The molecule has 10 heteroatoms. The molecule has 2 rings (SSSR count). The molecule has 0 aliphatic rings. The summed E-state index contributed by atoms with van der Waals surface area (Å²) < 4.78 is 63.5. The number of aromatic carboxylic acids is 1. The first-order valence-electron chi connectivity index (χ1n) is 5.27. The van der Waals surface area contributed by atoms with Gasteiger partial charge in [0.05, 0.1) is 5.56 Å². The van der Waals surface area contributed by atoms with E-state index in [0.717, 1.165) is 0 Å². The van der Waals surface area contributed by atoms with Crippen LogP contribution in [0.1, 0.15) is 10.4 Å². The summed E-state index contributed by atoms with van der Waals surface area (Å²) in [6, 6.07) is 5.53. The van der Waals surface area contributed by atoms with Crippen LogP contribution in [0.5, 0.6) is 0 Å². The van der Waals surface area contributed by atoms with Gasteiger partial charge in [0.15, 0.2) is 0 Å². The summed E-state index contributed by atoms with van der Waals surface area (Å²) in [5.74, 6) is -1.67.